The summed E-state index contributed by atoms with van der Waals surface area (Å²) in [5, 5.41) is 10.8. The Bertz CT molecular complexity index is 404. The van der Waals surface area contributed by atoms with Crippen molar-refractivity contribution in [3.8, 4) is 5.75 Å². The van der Waals surface area contributed by atoms with Crippen molar-refractivity contribution in [2.24, 2.45) is 0 Å². The number of hydrogen-bond acceptors (Lipinski definition) is 2. The molecule has 0 atom stereocenters. The van der Waals surface area contributed by atoms with E-state index in [9.17, 15) is 0 Å². The molecule has 0 fully saturated rings. The van der Waals surface area contributed by atoms with Gasteiger partial charge < -0.3 is 9.84 Å². The lowest BCUT2D eigenvalue weighted by Crippen LogP contribution is -1.94. The zero-order chi connectivity index (χ0) is 9.10. The highest BCUT2D eigenvalue weighted by molar-refractivity contribution is 5.88. The summed E-state index contributed by atoms with van der Waals surface area (Å²) in [4.78, 5) is 0. The molecule has 1 N–H and O–H groups in total. The van der Waals surface area contributed by atoms with Gasteiger partial charge in [0, 0.05) is 5.39 Å². The van der Waals surface area contributed by atoms with Crippen molar-refractivity contribution in [1.29, 1.82) is 0 Å². The van der Waals surface area contributed by atoms with E-state index in [-0.39, 0.29) is 6.79 Å². The van der Waals surface area contributed by atoms with Gasteiger partial charge in [-0.2, -0.15) is 0 Å². The Labute approximate surface area is 76.4 Å². The standard InChI is InChI=1S/C11H10O2/c12-8-13-11-7-3-5-9-4-1-2-6-10(9)11/h1-7,12H,8H2. The number of hydrogen-bond donors (Lipinski definition) is 1. The first-order valence-electron chi connectivity index (χ1n) is 4.13. The zero-order valence-corrected chi connectivity index (χ0v) is 7.10. The van der Waals surface area contributed by atoms with E-state index in [0.717, 1.165) is 16.5 Å². The van der Waals surface area contributed by atoms with Crippen LogP contribution in [-0.4, -0.2) is 11.9 Å². The van der Waals surface area contributed by atoms with Gasteiger partial charge in [0.25, 0.3) is 0 Å². The zero-order valence-electron chi connectivity index (χ0n) is 7.10. The van der Waals surface area contributed by atoms with E-state index < -0.39 is 0 Å². The second-order valence-corrected chi connectivity index (χ2v) is 2.75. The number of benzene rings is 2. The van der Waals surface area contributed by atoms with E-state index in [1.807, 2.05) is 42.5 Å². The fraction of sp³-hybridized carbons (Fsp3) is 0.0909. The second kappa shape index (κ2) is 3.46. The van der Waals surface area contributed by atoms with Crippen LogP contribution in [0.25, 0.3) is 10.8 Å². The number of fused-ring (bicyclic) bond motifs is 1. The molecule has 0 bridgehead atoms. The molecule has 0 unspecified atom stereocenters. The van der Waals surface area contributed by atoms with Crippen molar-refractivity contribution in [2.75, 3.05) is 6.79 Å². The lowest BCUT2D eigenvalue weighted by molar-refractivity contribution is 0.100. The van der Waals surface area contributed by atoms with Gasteiger partial charge in [0.1, 0.15) is 5.75 Å². The number of aliphatic hydroxyl groups excluding tert-OH is 1. The highest BCUT2D eigenvalue weighted by Gasteiger charge is 1.98. The molecular weight excluding hydrogens is 164 g/mol. The van der Waals surface area contributed by atoms with Crippen molar-refractivity contribution in [3.05, 3.63) is 42.5 Å². The van der Waals surface area contributed by atoms with E-state index in [2.05, 4.69) is 0 Å². The van der Waals surface area contributed by atoms with Gasteiger partial charge >= 0.3 is 0 Å². The summed E-state index contributed by atoms with van der Waals surface area (Å²) in [5.41, 5.74) is 0. The first-order valence-corrected chi connectivity index (χ1v) is 4.13. The topological polar surface area (TPSA) is 29.5 Å². The minimum absolute atomic E-state index is 0.284. The average molecular weight is 174 g/mol. The normalized spacial score (nSPS) is 10.2. The lowest BCUT2D eigenvalue weighted by atomic mass is 10.1. The molecule has 0 spiro atoms. The van der Waals surface area contributed by atoms with Crippen LogP contribution in [0.1, 0.15) is 0 Å². The molecule has 2 heteroatoms. The molecule has 13 heavy (non-hydrogen) atoms. The van der Waals surface area contributed by atoms with Gasteiger partial charge in [0.05, 0.1) is 0 Å². The van der Waals surface area contributed by atoms with Crippen LogP contribution in [0, 0.1) is 0 Å². The minimum Gasteiger partial charge on any atom is -0.467 e. The van der Waals surface area contributed by atoms with Gasteiger partial charge in [-0.3, -0.25) is 0 Å². The molecule has 0 heterocycles. The van der Waals surface area contributed by atoms with Crippen molar-refractivity contribution in [1.82, 2.24) is 0 Å². The summed E-state index contributed by atoms with van der Waals surface area (Å²) >= 11 is 0. The van der Waals surface area contributed by atoms with Gasteiger partial charge in [-0.15, -0.1) is 0 Å². The molecule has 0 aromatic heterocycles. The van der Waals surface area contributed by atoms with Crippen LogP contribution < -0.4 is 4.74 Å². The van der Waals surface area contributed by atoms with Crippen LogP contribution in [0.15, 0.2) is 42.5 Å². The predicted octanol–water partition coefficient (Wildman–Crippen LogP) is 2.17. The maximum absolute atomic E-state index is 8.66. The van der Waals surface area contributed by atoms with Crippen LogP contribution in [0.4, 0.5) is 0 Å². The van der Waals surface area contributed by atoms with E-state index in [4.69, 9.17) is 9.84 Å². The van der Waals surface area contributed by atoms with Crippen LogP contribution in [0.3, 0.4) is 0 Å². The summed E-state index contributed by atoms with van der Waals surface area (Å²) in [5.74, 6) is 0.723. The predicted molar refractivity (Wildman–Crippen MR) is 51.7 cm³/mol. The summed E-state index contributed by atoms with van der Waals surface area (Å²) in [6.45, 7) is -0.284. The Morgan fingerprint density at radius 1 is 1.00 bits per heavy atom. The van der Waals surface area contributed by atoms with E-state index >= 15 is 0 Å². The summed E-state index contributed by atoms with van der Waals surface area (Å²) < 4.78 is 5.07. The molecule has 0 amide bonds. The molecule has 66 valence electrons. The number of rotatable bonds is 2. The second-order valence-electron chi connectivity index (χ2n) is 2.75. The summed E-state index contributed by atoms with van der Waals surface area (Å²) in [6.07, 6.45) is 0. The first kappa shape index (κ1) is 8.08. The van der Waals surface area contributed by atoms with Crippen molar-refractivity contribution >= 4 is 10.8 Å². The number of ether oxygens (including phenoxy) is 1. The SMILES string of the molecule is OCOc1cccc2ccccc12. The Kier molecular flexibility index (Phi) is 2.15. The smallest absolute Gasteiger partial charge is 0.186 e. The lowest BCUT2D eigenvalue weighted by Gasteiger charge is -2.05. The molecule has 0 aliphatic carbocycles. The van der Waals surface area contributed by atoms with E-state index in [1.54, 1.807) is 0 Å². The third kappa shape index (κ3) is 1.48. The van der Waals surface area contributed by atoms with Crippen LogP contribution >= 0.6 is 0 Å². The van der Waals surface area contributed by atoms with Gasteiger partial charge in [-0.05, 0) is 11.5 Å². The van der Waals surface area contributed by atoms with Gasteiger partial charge in [0.15, 0.2) is 6.79 Å². The molecular formula is C11H10O2. The third-order valence-corrected chi connectivity index (χ3v) is 1.97. The average Bonchev–Trinajstić information content (AvgIpc) is 2.19. The van der Waals surface area contributed by atoms with Crippen molar-refractivity contribution in [2.45, 2.75) is 0 Å². The highest BCUT2D eigenvalue weighted by Crippen LogP contribution is 2.24. The van der Waals surface area contributed by atoms with Crippen LogP contribution in [0.5, 0.6) is 5.75 Å². The molecule has 0 radical (unpaired) electrons. The fourth-order valence-electron chi connectivity index (χ4n) is 1.39. The first-order chi connectivity index (χ1) is 6.42. The van der Waals surface area contributed by atoms with Crippen molar-refractivity contribution in [3.63, 3.8) is 0 Å². The maximum atomic E-state index is 8.66. The Morgan fingerprint density at radius 3 is 2.62 bits per heavy atom. The van der Waals surface area contributed by atoms with Crippen molar-refractivity contribution < 1.29 is 9.84 Å². The molecule has 2 rings (SSSR count). The third-order valence-electron chi connectivity index (χ3n) is 1.97. The molecule has 0 aliphatic heterocycles. The van der Waals surface area contributed by atoms with Crippen LogP contribution in [0.2, 0.25) is 0 Å². The van der Waals surface area contributed by atoms with Crippen LogP contribution in [-0.2, 0) is 0 Å². The van der Waals surface area contributed by atoms with Gasteiger partial charge in [-0.25, -0.2) is 0 Å². The number of aliphatic hydroxyl groups is 1. The summed E-state index contributed by atoms with van der Waals surface area (Å²) in [7, 11) is 0. The Hall–Kier alpha value is -1.54. The molecule has 0 saturated carbocycles. The molecule has 2 aromatic rings. The highest BCUT2D eigenvalue weighted by atomic mass is 16.6. The molecule has 0 aliphatic rings. The Balaban J connectivity index is 2.61. The summed E-state index contributed by atoms with van der Waals surface area (Å²) in [6, 6.07) is 13.7. The Morgan fingerprint density at radius 2 is 1.77 bits per heavy atom. The minimum atomic E-state index is -0.284. The molecule has 2 aromatic carbocycles. The molecule has 2 nitrogen and oxygen atoms in total. The fourth-order valence-corrected chi connectivity index (χ4v) is 1.39. The quantitative estimate of drug-likeness (QED) is 0.707. The monoisotopic (exact) mass is 174 g/mol. The largest absolute Gasteiger partial charge is 0.467 e. The molecule has 0 saturated heterocycles. The van der Waals surface area contributed by atoms with Gasteiger partial charge in [0.2, 0.25) is 0 Å². The van der Waals surface area contributed by atoms with E-state index in [1.165, 1.54) is 0 Å². The van der Waals surface area contributed by atoms with E-state index in [0.29, 0.717) is 0 Å². The van der Waals surface area contributed by atoms with Gasteiger partial charge in [-0.1, -0.05) is 36.4 Å². The maximum Gasteiger partial charge on any atom is 0.186 e.